The second-order valence-electron chi connectivity index (χ2n) is 6.33. The first-order chi connectivity index (χ1) is 12.1. The van der Waals surface area contributed by atoms with Gasteiger partial charge in [-0.25, -0.2) is 4.98 Å². The molecule has 3 aromatic heterocycles. The summed E-state index contributed by atoms with van der Waals surface area (Å²) in [7, 11) is 0. The average Bonchev–Trinajstić information content (AvgIpc) is 3.26. The molecule has 0 bridgehead atoms. The Morgan fingerprint density at radius 1 is 1.36 bits per heavy atom. The Kier molecular flexibility index (Phi) is 4.41. The normalized spacial score (nSPS) is 15.0. The van der Waals surface area contributed by atoms with Gasteiger partial charge in [0.05, 0.1) is 10.6 Å². The molecule has 0 radical (unpaired) electrons. The van der Waals surface area contributed by atoms with Gasteiger partial charge in [-0.2, -0.15) is 4.98 Å². The molecule has 0 saturated heterocycles. The van der Waals surface area contributed by atoms with Gasteiger partial charge < -0.3 is 4.52 Å². The zero-order chi connectivity index (χ0) is 17.6. The summed E-state index contributed by atoms with van der Waals surface area (Å²) in [6, 6.07) is 0. The van der Waals surface area contributed by atoms with Crippen LogP contribution in [0.1, 0.15) is 54.1 Å². The molecule has 1 aliphatic rings. The highest BCUT2D eigenvalue weighted by atomic mass is 32.2. The van der Waals surface area contributed by atoms with E-state index < -0.39 is 0 Å². The van der Waals surface area contributed by atoms with E-state index in [1.165, 1.54) is 22.2 Å². The van der Waals surface area contributed by atoms with Crippen molar-refractivity contribution < 1.29 is 4.52 Å². The molecule has 132 valence electrons. The zero-order valence-electron chi connectivity index (χ0n) is 14.5. The topological polar surface area (TPSA) is 73.8 Å². The molecule has 3 aromatic rings. The Balaban J connectivity index is 1.79. The van der Waals surface area contributed by atoms with Crippen molar-refractivity contribution >= 4 is 33.3 Å². The maximum Gasteiger partial charge on any atom is 0.263 e. The van der Waals surface area contributed by atoms with Gasteiger partial charge >= 0.3 is 0 Å². The van der Waals surface area contributed by atoms with E-state index in [4.69, 9.17) is 9.51 Å². The minimum Gasteiger partial charge on any atom is -0.338 e. The third-order valence-corrected chi connectivity index (χ3v) is 6.67. The molecule has 0 amide bonds. The predicted octanol–water partition coefficient (Wildman–Crippen LogP) is 3.90. The lowest BCUT2D eigenvalue weighted by Gasteiger charge is -2.13. The van der Waals surface area contributed by atoms with E-state index in [1.807, 2.05) is 11.5 Å². The molecular weight excluding hydrogens is 356 g/mol. The number of fused-ring (bicyclic) bond motifs is 3. The van der Waals surface area contributed by atoms with Crippen LogP contribution in [0.5, 0.6) is 0 Å². The number of thiophene rings is 1. The summed E-state index contributed by atoms with van der Waals surface area (Å²) >= 11 is 3.19. The summed E-state index contributed by atoms with van der Waals surface area (Å²) in [5, 5.41) is 5.38. The van der Waals surface area contributed by atoms with Crippen LogP contribution in [-0.2, 0) is 19.4 Å². The Morgan fingerprint density at radius 3 is 2.92 bits per heavy atom. The summed E-state index contributed by atoms with van der Waals surface area (Å²) in [5.41, 5.74) is 1.34. The quantitative estimate of drug-likeness (QED) is 0.497. The van der Waals surface area contributed by atoms with Gasteiger partial charge in [-0.15, -0.1) is 11.3 Å². The van der Waals surface area contributed by atoms with Crippen molar-refractivity contribution in [2.24, 2.45) is 0 Å². The first kappa shape index (κ1) is 16.8. The van der Waals surface area contributed by atoms with Crippen LogP contribution in [0.15, 0.2) is 14.5 Å². The van der Waals surface area contributed by atoms with E-state index in [0.717, 1.165) is 41.1 Å². The van der Waals surface area contributed by atoms with Crippen LogP contribution in [0.4, 0.5) is 0 Å². The molecule has 1 aliphatic carbocycles. The van der Waals surface area contributed by atoms with Crippen molar-refractivity contribution in [3.63, 3.8) is 0 Å². The largest absolute Gasteiger partial charge is 0.338 e. The Bertz CT molecular complexity index is 989. The number of thioether (sulfide) groups is 1. The summed E-state index contributed by atoms with van der Waals surface area (Å²) in [6.45, 7) is 6.55. The predicted molar refractivity (Wildman–Crippen MR) is 99.5 cm³/mol. The van der Waals surface area contributed by atoms with E-state index >= 15 is 0 Å². The van der Waals surface area contributed by atoms with E-state index in [1.54, 1.807) is 18.3 Å². The van der Waals surface area contributed by atoms with Gasteiger partial charge in [0.1, 0.15) is 4.83 Å². The highest BCUT2D eigenvalue weighted by molar-refractivity contribution is 7.99. The van der Waals surface area contributed by atoms with E-state index in [-0.39, 0.29) is 10.8 Å². The molecule has 0 aromatic carbocycles. The minimum atomic E-state index is -0.0551. The van der Waals surface area contributed by atoms with Crippen LogP contribution in [-0.4, -0.2) is 19.7 Å². The SMILES string of the molecule is CCCn1c(SC(C)c2nc(C)no2)nc2sc3c(c2c1=O)CCC3. The van der Waals surface area contributed by atoms with Crippen molar-refractivity contribution in [1.82, 2.24) is 19.7 Å². The molecule has 8 heteroatoms. The van der Waals surface area contributed by atoms with Gasteiger partial charge in [0, 0.05) is 11.4 Å². The number of aryl methyl sites for hydroxylation is 3. The Labute approximate surface area is 153 Å². The lowest BCUT2D eigenvalue weighted by Crippen LogP contribution is -2.23. The first-order valence-corrected chi connectivity index (χ1v) is 10.3. The number of hydrogen-bond acceptors (Lipinski definition) is 7. The van der Waals surface area contributed by atoms with Gasteiger partial charge in [-0.1, -0.05) is 23.8 Å². The molecule has 1 atom stereocenters. The van der Waals surface area contributed by atoms with Crippen LogP contribution >= 0.6 is 23.1 Å². The lowest BCUT2D eigenvalue weighted by atomic mass is 10.2. The maximum atomic E-state index is 13.1. The third-order valence-electron chi connectivity index (χ3n) is 4.41. The fourth-order valence-electron chi connectivity index (χ4n) is 3.26. The monoisotopic (exact) mass is 376 g/mol. The molecule has 0 N–H and O–H groups in total. The fourth-order valence-corrected chi connectivity index (χ4v) is 5.52. The Hall–Kier alpha value is -1.67. The van der Waals surface area contributed by atoms with E-state index in [2.05, 4.69) is 17.1 Å². The van der Waals surface area contributed by atoms with Crippen LogP contribution in [0, 0.1) is 6.92 Å². The van der Waals surface area contributed by atoms with E-state index in [9.17, 15) is 4.79 Å². The maximum absolute atomic E-state index is 13.1. The summed E-state index contributed by atoms with van der Waals surface area (Å²) in [5.74, 6) is 1.18. The number of nitrogens with zero attached hydrogens (tertiary/aromatic N) is 4. The Morgan fingerprint density at radius 2 is 2.20 bits per heavy atom. The smallest absolute Gasteiger partial charge is 0.263 e. The molecule has 0 spiro atoms. The summed E-state index contributed by atoms with van der Waals surface area (Å²) < 4.78 is 7.09. The highest BCUT2D eigenvalue weighted by Gasteiger charge is 2.24. The second kappa shape index (κ2) is 6.57. The van der Waals surface area contributed by atoms with Crippen molar-refractivity contribution in [2.75, 3.05) is 0 Å². The fraction of sp³-hybridized carbons (Fsp3) is 0.529. The average molecular weight is 377 g/mol. The molecule has 0 fully saturated rings. The minimum absolute atomic E-state index is 0.0551. The molecule has 6 nitrogen and oxygen atoms in total. The van der Waals surface area contributed by atoms with Gasteiger partial charge in [-0.3, -0.25) is 9.36 Å². The summed E-state index contributed by atoms with van der Waals surface area (Å²) in [6.07, 6.45) is 4.11. The van der Waals surface area contributed by atoms with Crippen LogP contribution < -0.4 is 5.56 Å². The van der Waals surface area contributed by atoms with Crippen molar-refractivity contribution in [3.8, 4) is 0 Å². The van der Waals surface area contributed by atoms with Gasteiger partial charge in [0.15, 0.2) is 11.0 Å². The van der Waals surface area contributed by atoms with Gasteiger partial charge in [0.25, 0.3) is 5.56 Å². The number of hydrogen-bond donors (Lipinski definition) is 0. The van der Waals surface area contributed by atoms with Crippen molar-refractivity contribution in [3.05, 3.63) is 32.5 Å². The van der Waals surface area contributed by atoms with Crippen LogP contribution in [0.2, 0.25) is 0 Å². The molecule has 1 unspecified atom stereocenters. The third kappa shape index (κ3) is 2.91. The van der Waals surface area contributed by atoms with Gasteiger partial charge in [0.2, 0.25) is 5.89 Å². The first-order valence-electron chi connectivity index (χ1n) is 8.60. The molecular formula is C17H20N4O2S2. The molecule has 0 aliphatic heterocycles. The second-order valence-corrected chi connectivity index (χ2v) is 8.72. The van der Waals surface area contributed by atoms with Crippen molar-refractivity contribution in [1.29, 1.82) is 0 Å². The number of rotatable bonds is 5. The van der Waals surface area contributed by atoms with Crippen LogP contribution in [0.3, 0.4) is 0 Å². The van der Waals surface area contributed by atoms with Gasteiger partial charge in [-0.05, 0) is 45.1 Å². The highest BCUT2D eigenvalue weighted by Crippen LogP contribution is 2.38. The standard InChI is InChI=1S/C17H20N4O2S2/c1-4-8-21-16(22)13-11-6-5-7-12(11)25-15(13)19-17(21)24-9(2)14-18-10(3)20-23-14/h9H,4-8H2,1-3H3. The number of aromatic nitrogens is 4. The summed E-state index contributed by atoms with van der Waals surface area (Å²) in [4.78, 5) is 24.5. The van der Waals surface area contributed by atoms with E-state index in [0.29, 0.717) is 18.3 Å². The van der Waals surface area contributed by atoms with Crippen LogP contribution in [0.25, 0.3) is 10.2 Å². The molecule has 3 heterocycles. The lowest BCUT2D eigenvalue weighted by molar-refractivity contribution is 0.376. The van der Waals surface area contributed by atoms with Crippen molar-refractivity contribution in [2.45, 2.75) is 63.4 Å². The molecule has 0 saturated carbocycles. The zero-order valence-corrected chi connectivity index (χ0v) is 16.2. The molecule has 25 heavy (non-hydrogen) atoms. The molecule has 4 rings (SSSR count).